The minimum absolute atomic E-state index is 0.00940. The summed E-state index contributed by atoms with van der Waals surface area (Å²) in [5, 5.41) is 14.7. The standard InChI is InChI=1S/C14H19N3O2S/c1-9-7-17-11(8-20-14(17)16-9)5-13(19)15-6-10-3-2-4-12(10)18/h7-8,10,12,18H,2-6H2,1H3,(H,15,19). The lowest BCUT2D eigenvalue weighted by Crippen LogP contribution is -2.33. The summed E-state index contributed by atoms with van der Waals surface area (Å²) in [6.07, 6.45) is 4.99. The molecule has 2 aromatic heterocycles. The average Bonchev–Trinajstić information content (AvgIpc) is 3.06. The second-order valence-corrected chi connectivity index (χ2v) is 6.34. The van der Waals surface area contributed by atoms with Gasteiger partial charge in [0.2, 0.25) is 5.91 Å². The van der Waals surface area contributed by atoms with Gasteiger partial charge in [0, 0.05) is 29.7 Å². The SMILES string of the molecule is Cc1cn2c(CC(=O)NCC3CCCC3O)csc2n1. The Kier molecular flexibility index (Phi) is 3.76. The number of fused-ring (bicyclic) bond motifs is 1. The van der Waals surface area contributed by atoms with E-state index in [1.807, 2.05) is 22.9 Å². The van der Waals surface area contributed by atoms with Gasteiger partial charge in [-0.15, -0.1) is 11.3 Å². The van der Waals surface area contributed by atoms with Crippen LogP contribution in [0.5, 0.6) is 0 Å². The van der Waals surface area contributed by atoms with Crippen molar-refractivity contribution in [2.75, 3.05) is 6.54 Å². The van der Waals surface area contributed by atoms with E-state index in [1.165, 1.54) is 0 Å². The number of aliphatic hydroxyl groups is 1. The van der Waals surface area contributed by atoms with Crippen molar-refractivity contribution in [2.24, 2.45) is 5.92 Å². The monoisotopic (exact) mass is 293 g/mol. The summed E-state index contributed by atoms with van der Waals surface area (Å²) in [7, 11) is 0. The van der Waals surface area contributed by atoms with Crippen molar-refractivity contribution in [3.63, 3.8) is 0 Å². The van der Waals surface area contributed by atoms with Gasteiger partial charge in [-0.25, -0.2) is 4.98 Å². The molecule has 2 heterocycles. The first-order valence-electron chi connectivity index (χ1n) is 7.00. The van der Waals surface area contributed by atoms with Gasteiger partial charge < -0.3 is 10.4 Å². The third kappa shape index (κ3) is 2.71. The van der Waals surface area contributed by atoms with Gasteiger partial charge in [-0.1, -0.05) is 6.42 Å². The molecular weight excluding hydrogens is 274 g/mol. The van der Waals surface area contributed by atoms with Crippen LogP contribution in [0.15, 0.2) is 11.6 Å². The Bertz CT molecular complexity index is 619. The minimum Gasteiger partial charge on any atom is -0.393 e. The van der Waals surface area contributed by atoms with Crippen LogP contribution in [0.3, 0.4) is 0 Å². The fourth-order valence-corrected chi connectivity index (χ4v) is 3.71. The Hall–Kier alpha value is -1.40. The normalized spacial score (nSPS) is 22.5. The Morgan fingerprint density at radius 3 is 3.20 bits per heavy atom. The van der Waals surface area contributed by atoms with Crippen molar-refractivity contribution >= 4 is 22.2 Å². The fourth-order valence-electron chi connectivity index (χ4n) is 2.80. The molecule has 2 N–H and O–H groups in total. The van der Waals surface area contributed by atoms with Gasteiger partial charge in [0.25, 0.3) is 0 Å². The largest absolute Gasteiger partial charge is 0.393 e. The summed E-state index contributed by atoms with van der Waals surface area (Å²) in [5.74, 6) is 0.229. The van der Waals surface area contributed by atoms with Crippen molar-refractivity contribution in [3.8, 4) is 0 Å². The van der Waals surface area contributed by atoms with E-state index < -0.39 is 0 Å². The first-order chi connectivity index (χ1) is 9.63. The molecule has 1 amide bonds. The lowest BCUT2D eigenvalue weighted by Gasteiger charge is -2.14. The predicted octanol–water partition coefficient (Wildman–Crippen LogP) is 1.52. The number of imidazole rings is 1. The summed E-state index contributed by atoms with van der Waals surface area (Å²) >= 11 is 1.55. The van der Waals surface area contributed by atoms with Crippen LogP contribution in [-0.2, 0) is 11.2 Å². The number of hydrogen-bond donors (Lipinski definition) is 2. The molecule has 3 rings (SSSR count). The van der Waals surface area contributed by atoms with Crippen molar-refractivity contribution in [2.45, 2.75) is 38.7 Å². The molecule has 0 spiro atoms. The van der Waals surface area contributed by atoms with Crippen LogP contribution in [0.2, 0.25) is 0 Å². The molecule has 5 nitrogen and oxygen atoms in total. The van der Waals surface area contributed by atoms with Gasteiger partial charge in [-0.05, 0) is 19.8 Å². The molecule has 1 fully saturated rings. The van der Waals surface area contributed by atoms with Gasteiger partial charge >= 0.3 is 0 Å². The van der Waals surface area contributed by atoms with Crippen molar-refractivity contribution < 1.29 is 9.90 Å². The summed E-state index contributed by atoms with van der Waals surface area (Å²) < 4.78 is 1.98. The van der Waals surface area contributed by atoms with E-state index in [9.17, 15) is 9.90 Å². The summed E-state index contributed by atoms with van der Waals surface area (Å²) in [6.45, 7) is 2.53. The first kappa shape index (κ1) is 13.6. The van der Waals surface area contributed by atoms with E-state index in [0.717, 1.165) is 35.6 Å². The highest BCUT2D eigenvalue weighted by Crippen LogP contribution is 2.24. The van der Waals surface area contributed by atoms with Crippen LogP contribution in [-0.4, -0.2) is 33.0 Å². The molecule has 0 radical (unpaired) electrons. The number of hydrogen-bond acceptors (Lipinski definition) is 4. The molecule has 2 unspecified atom stereocenters. The van der Waals surface area contributed by atoms with Crippen LogP contribution in [0, 0.1) is 12.8 Å². The average molecular weight is 293 g/mol. The summed E-state index contributed by atoms with van der Waals surface area (Å²) in [6, 6.07) is 0. The second-order valence-electron chi connectivity index (χ2n) is 5.50. The van der Waals surface area contributed by atoms with E-state index in [0.29, 0.717) is 13.0 Å². The fraction of sp³-hybridized carbons (Fsp3) is 0.571. The minimum atomic E-state index is -0.251. The quantitative estimate of drug-likeness (QED) is 0.898. The van der Waals surface area contributed by atoms with Gasteiger partial charge in [0.1, 0.15) is 0 Å². The maximum atomic E-state index is 12.0. The molecule has 0 bridgehead atoms. The van der Waals surface area contributed by atoms with Crippen LogP contribution < -0.4 is 5.32 Å². The number of carbonyl (C=O) groups excluding carboxylic acids is 1. The lowest BCUT2D eigenvalue weighted by molar-refractivity contribution is -0.120. The maximum absolute atomic E-state index is 12.0. The molecule has 108 valence electrons. The number of amides is 1. The van der Waals surface area contributed by atoms with Crippen LogP contribution >= 0.6 is 11.3 Å². The number of thiazole rings is 1. The zero-order chi connectivity index (χ0) is 14.1. The molecular formula is C14H19N3O2S. The van der Waals surface area contributed by atoms with Gasteiger partial charge in [-0.3, -0.25) is 9.20 Å². The Morgan fingerprint density at radius 2 is 2.45 bits per heavy atom. The van der Waals surface area contributed by atoms with Crippen LogP contribution in [0.4, 0.5) is 0 Å². The predicted molar refractivity (Wildman–Crippen MR) is 77.9 cm³/mol. The summed E-state index contributed by atoms with van der Waals surface area (Å²) in [5.41, 5.74) is 1.93. The van der Waals surface area contributed by atoms with Gasteiger partial charge in [0.15, 0.2) is 4.96 Å². The highest BCUT2D eigenvalue weighted by molar-refractivity contribution is 7.15. The zero-order valence-corrected chi connectivity index (χ0v) is 12.3. The Morgan fingerprint density at radius 1 is 1.60 bits per heavy atom. The lowest BCUT2D eigenvalue weighted by atomic mass is 10.1. The summed E-state index contributed by atoms with van der Waals surface area (Å²) in [4.78, 5) is 17.3. The zero-order valence-electron chi connectivity index (χ0n) is 11.5. The molecule has 20 heavy (non-hydrogen) atoms. The number of rotatable bonds is 4. The number of nitrogens with one attached hydrogen (secondary N) is 1. The number of carbonyl (C=O) groups is 1. The number of aromatic nitrogens is 2. The number of aryl methyl sites for hydroxylation is 1. The van der Waals surface area contributed by atoms with E-state index in [2.05, 4.69) is 10.3 Å². The molecule has 0 aromatic carbocycles. The highest BCUT2D eigenvalue weighted by atomic mass is 32.1. The van der Waals surface area contributed by atoms with Crippen molar-refractivity contribution in [1.82, 2.24) is 14.7 Å². The Balaban J connectivity index is 1.58. The molecule has 1 aliphatic carbocycles. The third-order valence-corrected chi connectivity index (χ3v) is 4.81. The first-order valence-corrected chi connectivity index (χ1v) is 7.88. The van der Waals surface area contributed by atoms with Crippen LogP contribution in [0.25, 0.3) is 4.96 Å². The number of nitrogens with zero attached hydrogens (tertiary/aromatic N) is 2. The van der Waals surface area contributed by atoms with E-state index in [-0.39, 0.29) is 17.9 Å². The number of aliphatic hydroxyl groups excluding tert-OH is 1. The molecule has 1 saturated carbocycles. The Labute approximate surface area is 121 Å². The van der Waals surface area contributed by atoms with E-state index >= 15 is 0 Å². The molecule has 6 heteroatoms. The van der Waals surface area contributed by atoms with E-state index in [4.69, 9.17) is 0 Å². The molecule has 1 aliphatic rings. The molecule has 0 aliphatic heterocycles. The second kappa shape index (κ2) is 5.54. The maximum Gasteiger partial charge on any atom is 0.225 e. The van der Waals surface area contributed by atoms with Gasteiger partial charge in [0.05, 0.1) is 18.2 Å². The highest BCUT2D eigenvalue weighted by Gasteiger charge is 2.25. The van der Waals surface area contributed by atoms with Crippen LogP contribution in [0.1, 0.15) is 30.7 Å². The van der Waals surface area contributed by atoms with Crippen molar-refractivity contribution in [1.29, 1.82) is 0 Å². The van der Waals surface area contributed by atoms with Gasteiger partial charge in [-0.2, -0.15) is 0 Å². The third-order valence-electron chi connectivity index (χ3n) is 3.93. The topological polar surface area (TPSA) is 66.6 Å². The van der Waals surface area contributed by atoms with E-state index in [1.54, 1.807) is 11.3 Å². The molecule has 2 aromatic rings. The smallest absolute Gasteiger partial charge is 0.225 e. The molecule has 0 saturated heterocycles. The van der Waals surface area contributed by atoms with Crippen molar-refractivity contribution in [3.05, 3.63) is 23.0 Å². The molecule has 2 atom stereocenters.